The van der Waals surface area contributed by atoms with Crippen molar-refractivity contribution < 1.29 is 4.74 Å². The molecule has 0 spiro atoms. The van der Waals surface area contributed by atoms with E-state index in [0.717, 1.165) is 57.7 Å². The fraction of sp³-hybridized carbons (Fsp3) is 0.565. The second-order valence-corrected chi connectivity index (χ2v) is 6.58. The Morgan fingerprint density at radius 2 is 1.57 bits per heavy atom. The summed E-state index contributed by atoms with van der Waals surface area (Å²) in [7, 11) is 1.73. The first-order chi connectivity index (χ1) is 13.6. The number of ether oxygens (including phenoxy) is 1. The van der Waals surface area contributed by atoms with Crippen molar-refractivity contribution in [1.29, 1.82) is 0 Å². The average molecular weight is 391 g/mol. The highest BCUT2D eigenvalue weighted by atomic mass is 16.5. The molecule has 0 aromatic heterocycles. The molecule has 0 bridgehead atoms. The van der Waals surface area contributed by atoms with Gasteiger partial charge < -0.3 is 25.2 Å². The van der Waals surface area contributed by atoms with E-state index in [-0.39, 0.29) is 6.10 Å². The van der Waals surface area contributed by atoms with E-state index in [9.17, 15) is 0 Å². The number of methoxy groups -OCH3 is 1. The molecule has 1 unspecified atom stereocenters. The Bertz CT molecular complexity index is 469. The Labute approximate surface area is 173 Å². The van der Waals surface area contributed by atoms with Crippen LogP contribution in [0.2, 0.25) is 0 Å². The van der Waals surface area contributed by atoms with Crippen molar-refractivity contribution in [3.63, 3.8) is 0 Å². The third kappa shape index (κ3) is 14.0. The normalized spacial score (nSPS) is 12.1. The Morgan fingerprint density at radius 3 is 2.04 bits per heavy atom. The predicted molar refractivity (Wildman–Crippen MR) is 122 cm³/mol. The molecule has 0 aliphatic carbocycles. The molecular weight excluding hydrogens is 348 g/mol. The summed E-state index contributed by atoms with van der Waals surface area (Å²) < 4.78 is 5.35. The van der Waals surface area contributed by atoms with Gasteiger partial charge in [-0.2, -0.15) is 0 Å². The van der Waals surface area contributed by atoms with E-state index >= 15 is 0 Å². The molecule has 0 aromatic carbocycles. The van der Waals surface area contributed by atoms with Gasteiger partial charge in [0.25, 0.3) is 0 Å². The number of nitrogens with zero attached hydrogens (tertiary/aromatic N) is 2. The van der Waals surface area contributed by atoms with Crippen LogP contribution < -0.4 is 10.6 Å². The topological polar surface area (TPSA) is 39.8 Å². The van der Waals surface area contributed by atoms with Gasteiger partial charge in [0.2, 0.25) is 0 Å². The zero-order valence-corrected chi connectivity index (χ0v) is 18.3. The number of unbranched alkanes of at least 4 members (excludes halogenated alkanes) is 1. The van der Waals surface area contributed by atoms with E-state index in [0.29, 0.717) is 0 Å². The van der Waals surface area contributed by atoms with Crippen LogP contribution in [-0.2, 0) is 4.74 Å². The number of hydrogen-bond donors (Lipinski definition) is 2. The summed E-state index contributed by atoms with van der Waals surface area (Å²) in [6, 6.07) is 0. The van der Waals surface area contributed by atoms with Crippen molar-refractivity contribution >= 4 is 0 Å². The Kier molecular flexibility index (Phi) is 16.8. The number of allylic oxidation sites excluding steroid dienone is 1. The summed E-state index contributed by atoms with van der Waals surface area (Å²) in [5.41, 5.74) is 0. The zero-order chi connectivity index (χ0) is 21.0. The molecule has 2 N–H and O–H groups in total. The lowest BCUT2D eigenvalue weighted by Crippen LogP contribution is -2.29. The lowest BCUT2D eigenvalue weighted by Gasteiger charge is -2.18. The van der Waals surface area contributed by atoms with E-state index in [1.165, 1.54) is 6.42 Å². The van der Waals surface area contributed by atoms with Crippen molar-refractivity contribution in [2.24, 2.45) is 0 Å². The molecule has 28 heavy (non-hydrogen) atoms. The lowest BCUT2D eigenvalue weighted by molar-refractivity contribution is 0.137. The standard InChI is InChI=1S/C23H42N4O/c1-7-11-12-18-26(9-3)19-13-16-24-22(5)25-17-14-20-27(10-4)21-15-23(8-2)28-6/h9-10,12,15,18,21,23-25H,3-5,7-8,11,13-14,16-17,19-20H2,1-2,6H3/b18-12-,21-15-. The number of hydrogen-bond acceptors (Lipinski definition) is 5. The highest BCUT2D eigenvalue weighted by molar-refractivity contribution is 4.93. The van der Waals surface area contributed by atoms with E-state index < -0.39 is 0 Å². The smallest absolute Gasteiger partial charge is 0.0912 e. The minimum absolute atomic E-state index is 0.156. The highest BCUT2D eigenvalue weighted by Crippen LogP contribution is 2.01. The van der Waals surface area contributed by atoms with Crippen LogP contribution in [-0.4, -0.2) is 49.2 Å². The first-order valence-corrected chi connectivity index (χ1v) is 10.4. The molecule has 0 aliphatic rings. The highest BCUT2D eigenvalue weighted by Gasteiger charge is 2.00. The van der Waals surface area contributed by atoms with Crippen LogP contribution in [0.15, 0.2) is 62.5 Å². The minimum Gasteiger partial charge on any atom is -0.377 e. The largest absolute Gasteiger partial charge is 0.377 e. The van der Waals surface area contributed by atoms with Crippen LogP contribution in [0.25, 0.3) is 0 Å². The Morgan fingerprint density at radius 1 is 1.00 bits per heavy atom. The lowest BCUT2D eigenvalue weighted by atomic mass is 10.2. The summed E-state index contributed by atoms with van der Waals surface area (Å²) in [4.78, 5) is 4.20. The molecule has 0 aliphatic heterocycles. The van der Waals surface area contributed by atoms with Crippen molar-refractivity contribution in [3.05, 3.63) is 62.5 Å². The molecule has 5 nitrogen and oxygen atoms in total. The zero-order valence-electron chi connectivity index (χ0n) is 18.3. The van der Waals surface area contributed by atoms with Gasteiger partial charge in [-0.15, -0.1) is 0 Å². The monoisotopic (exact) mass is 390 g/mol. The summed E-state index contributed by atoms with van der Waals surface area (Å²) >= 11 is 0. The van der Waals surface area contributed by atoms with Gasteiger partial charge in [-0.05, 0) is 50.4 Å². The summed E-state index contributed by atoms with van der Waals surface area (Å²) in [5.74, 6) is 0.873. The molecule has 0 radical (unpaired) electrons. The maximum Gasteiger partial charge on any atom is 0.0912 e. The minimum atomic E-state index is 0.156. The molecule has 160 valence electrons. The molecule has 0 amide bonds. The van der Waals surface area contributed by atoms with Gasteiger partial charge in [-0.25, -0.2) is 0 Å². The van der Waals surface area contributed by atoms with Crippen LogP contribution in [0.1, 0.15) is 46.0 Å². The molecule has 0 aromatic rings. The molecule has 0 saturated heterocycles. The van der Waals surface area contributed by atoms with Crippen molar-refractivity contribution in [3.8, 4) is 0 Å². The second-order valence-electron chi connectivity index (χ2n) is 6.58. The molecular formula is C23H42N4O. The van der Waals surface area contributed by atoms with Crippen molar-refractivity contribution in [1.82, 2.24) is 20.4 Å². The fourth-order valence-electron chi connectivity index (χ4n) is 2.48. The van der Waals surface area contributed by atoms with Crippen LogP contribution in [0.4, 0.5) is 0 Å². The molecule has 5 heteroatoms. The SMILES string of the molecule is C=CN(/C=C\CCC)CCCNC(=C)NCCCN(C=C)/C=C\C(CC)OC. The quantitative estimate of drug-likeness (QED) is 0.316. The third-order valence-electron chi connectivity index (χ3n) is 4.28. The van der Waals surface area contributed by atoms with Gasteiger partial charge in [0, 0.05) is 39.5 Å². The van der Waals surface area contributed by atoms with Gasteiger partial charge in [-0.3, -0.25) is 0 Å². The predicted octanol–water partition coefficient (Wildman–Crippen LogP) is 4.56. The van der Waals surface area contributed by atoms with Crippen LogP contribution in [0.5, 0.6) is 0 Å². The third-order valence-corrected chi connectivity index (χ3v) is 4.28. The number of rotatable bonds is 19. The molecule has 0 fully saturated rings. The summed E-state index contributed by atoms with van der Waals surface area (Å²) in [6.45, 7) is 19.7. The fourth-order valence-corrected chi connectivity index (χ4v) is 2.48. The van der Waals surface area contributed by atoms with Gasteiger partial charge >= 0.3 is 0 Å². The first kappa shape index (κ1) is 25.9. The second kappa shape index (κ2) is 18.2. The van der Waals surface area contributed by atoms with E-state index in [4.69, 9.17) is 4.74 Å². The van der Waals surface area contributed by atoms with E-state index in [2.05, 4.69) is 72.4 Å². The van der Waals surface area contributed by atoms with Gasteiger partial charge in [0.1, 0.15) is 0 Å². The van der Waals surface area contributed by atoms with Gasteiger partial charge in [0.15, 0.2) is 0 Å². The number of nitrogens with one attached hydrogen (secondary N) is 2. The van der Waals surface area contributed by atoms with Crippen LogP contribution >= 0.6 is 0 Å². The molecule has 1 atom stereocenters. The van der Waals surface area contributed by atoms with Crippen molar-refractivity contribution in [2.75, 3.05) is 33.3 Å². The molecule has 0 saturated carbocycles. The summed E-state index contributed by atoms with van der Waals surface area (Å²) in [6.07, 6.45) is 17.5. The molecule has 0 rings (SSSR count). The average Bonchev–Trinajstić information content (AvgIpc) is 2.71. The Balaban J connectivity index is 3.89. The molecule has 0 heterocycles. The Hall–Kier alpha value is -2.14. The maximum atomic E-state index is 5.35. The van der Waals surface area contributed by atoms with E-state index in [1.807, 2.05) is 18.6 Å². The van der Waals surface area contributed by atoms with Gasteiger partial charge in [-0.1, -0.05) is 46.1 Å². The van der Waals surface area contributed by atoms with Crippen LogP contribution in [0.3, 0.4) is 0 Å². The van der Waals surface area contributed by atoms with Gasteiger partial charge in [0.05, 0.1) is 11.9 Å². The van der Waals surface area contributed by atoms with E-state index in [1.54, 1.807) is 7.11 Å². The van der Waals surface area contributed by atoms with Crippen LogP contribution in [0, 0.1) is 0 Å². The summed E-state index contributed by atoms with van der Waals surface area (Å²) in [5, 5.41) is 6.66. The maximum absolute atomic E-state index is 5.35. The first-order valence-electron chi connectivity index (χ1n) is 10.4. The van der Waals surface area contributed by atoms with Crippen molar-refractivity contribution in [2.45, 2.75) is 52.1 Å².